The molecule has 0 amide bonds. The number of nitriles is 2. The van der Waals surface area contributed by atoms with Crippen LogP contribution in [0.15, 0.2) is 42.5 Å². The largest absolute Gasteiger partial charge is 0.504 e. The van der Waals surface area contributed by atoms with E-state index in [0.717, 1.165) is 39.8 Å². The van der Waals surface area contributed by atoms with Gasteiger partial charge in [0.2, 0.25) is 19.4 Å². The van der Waals surface area contributed by atoms with Crippen LogP contribution in [0.4, 0.5) is 0 Å². The number of nitrogens with zero attached hydrogens (tertiary/aromatic N) is 6. The Hall–Kier alpha value is -10.1. The second-order valence-corrected chi connectivity index (χ2v) is 31.6. The number of ether oxygens (including phenoxy) is 12. The molecule has 592 valence electrons. The van der Waals surface area contributed by atoms with E-state index in [1.807, 2.05) is 53.1 Å². The molecular weight excluding hydrogens is 1490 g/mol. The molecule has 12 heterocycles. The highest BCUT2D eigenvalue weighted by atomic mass is 32.2. The minimum atomic E-state index is -1.36. The molecule has 0 saturated carbocycles. The Balaban J connectivity index is 0.000000163. The summed E-state index contributed by atoms with van der Waals surface area (Å²) in [6.45, 7) is 10.5. The summed E-state index contributed by atoms with van der Waals surface area (Å²) in [4.78, 5) is 74.4. The lowest BCUT2D eigenvalue weighted by molar-refractivity contribution is -0.157. The molecule has 0 radical (unpaired) electrons. The Morgan fingerprint density at radius 1 is 0.616 bits per heavy atom. The van der Waals surface area contributed by atoms with E-state index in [0.29, 0.717) is 134 Å². The van der Waals surface area contributed by atoms with Crippen molar-refractivity contribution < 1.29 is 101 Å². The van der Waals surface area contributed by atoms with Crippen molar-refractivity contribution in [2.45, 2.75) is 151 Å². The van der Waals surface area contributed by atoms with Gasteiger partial charge in [0.05, 0.1) is 81.0 Å². The van der Waals surface area contributed by atoms with E-state index in [-0.39, 0.29) is 86.6 Å². The molecule has 0 aliphatic carbocycles. The van der Waals surface area contributed by atoms with E-state index in [9.17, 15) is 54.9 Å². The van der Waals surface area contributed by atoms with Gasteiger partial charge in [-0.2, -0.15) is 10.5 Å². The molecule has 8 bridgehead atoms. The van der Waals surface area contributed by atoms with Gasteiger partial charge in [-0.3, -0.25) is 39.3 Å². The lowest BCUT2D eigenvalue weighted by Gasteiger charge is -2.62. The third-order valence-corrected chi connectivity index (χ3v) is 26.4. The number of nitrogens with two attached hydrogens (primary N) is 1. The zero-order valence-electron chi connectivity index (χ0n) is 63.3. The predicted molar refractivity (Wildman–Crippen MR) is 407 cm³/mol. The quantitative estimate of drug-likeness (QED) is 0.0473. The second kappa shape index (κ2) is 30.4. The van der Waals surface area contributed by atoms with Crippen molar-refractivity contribution in [3.8, 4) is 92.6 Å². The maximum atomic E-state index is 14.7. The number of nitrogens with one attached hydrogen (secondary N) is 1. The highest BCUT2D eigenvalue weighted by Gasteiger charge is 2.64. The van der Waals surface area contributed by atoms with Gasteiger partial charge in [-0.1, -0.05) is 25.6 Å². The molecule has 6 aromatic carbocycles. The number of hydrogen-bond donors (Lipinski definition) is 6. The fourth-order valence-electron chi connectivity index (χ4n) is 19.1. The third kappa shape index (κ3) is 12.3. The normalized spacial score (nSPS) is 26.5. The number of benzene rings is 6. The molecule has 0 aromatic heterocycles. The highest BCUT2D eigenvalue weighted by Crippen LogP contribution is 2.67. The van der Waals surface area contributed by atoms with Gasteiger partial charge in [0.15, 0.2) is 74.5 Å². The Bertz CT molecular complexity index is 4990. The van der Waals surface area contributed by atoms with E-state index in [4.69, 9.17) is 62.6 Å². The van der Waals surface area contributed by atoms with E-state index in [1.165, 1.54) is 65.8 Å². The summed E-state index contributed by atoms with van der Waals surface area (Å²) in [5, 5.41) is 68.1. The third-order valence-electron chi connectivity index (χ3n) is 23.7. The number of fused-ring (bicyclic) bond motifs is 18. The van der Waals surface area contributed by atoms with Crippen molar-refractivity contribution in [3.63, 3.8) is 0 Å². The number of carbonyl (C=O) groups is 5. The Morgan fingerprint density at radius 2 is 1.11 bits per heavy atom. The van der Waals surface area contributed by atoms with Gasteiger partial charge in [0, 0.05) is 94.8 Å². The van der Waals surface area contributed by atoms with Crippen LogP contribution >= 0.6 is 23.5 Å². The van der Waals surface area contributed by atoms with Crippen LogP contribution in [0.1, 0.15) is 139 Å². The highest BCUT2D eigenvalue weighted by molar-refractivity contribution is 8.00. The van der Waals surface area contributed by atoms with Gasteiger partial charge in [-0.05, 0) is 137 Å². The Labute approximate surface area is 655 Å². The van der Waals surface area contributed by atoms with E-state index >= 15 is 0 Å². The van der Waals surface area contributed by atoms with Crippen LogP contribution in [0.2, 0.25) is 0 Å². The molecule has 31 heteroatoms. The first-order valence-corrected chi connectivity index (χ1v) is 38.6. The molecule has 29 nitrogen and oxygen atoms in total. The summed E-state index contributed by atoms with van der Waals surface area (Å²) in [7, 11) is 9.96. The van der Waals surface area contributed by atoms with Crippen LogP contribution in [0.25, 0.3) is 0 Å². The molecule has 7 N–H and O–H groups in total. The first-order chi connectivity index (χ1) is 53.3. The van der Waals surface area contributed by atoms with Crippen molar-refractivity contribution in [2.75, 3.05) is 93.9 Å². The number of phenolic OH excluding ortho intramolecular Hbond substituents is 4. The number of rotatable bonds is 8. The fraction of sp³-hybridized carbons (Fsp3) is 0.469. The second-order valence-electron chi connectivity index (χ2n) is 29.4. The molecule has 6 aromatic rings. The van der Waals surface area contributed by atoms with E-state index < -0.39 is 94.0 Å². The van der Waals surface area contributed by atoms with Crippen molar-refractivity contribution >= 4 is 53.2 Å². The zero-order valence-corrected chi connectivity index (χ0v) is 64.9. The Kier molecular flexibility index (Phi) is 21.4. The standard InChI is InChI=1S/C40H42N4O10S.C31H31N3O9S.C9H13NO2.CH4/c1-17-9-21-10-23-24(13-41)44-25-14-51-39(48)40(22-12-27(49-5)26(46)11-20(22)7-8-42-40)15-55-38(32(44)31(43(23)4)28(21)33(47)34(17)50-6)30-29(25)37-36(52-16-53-37)18(2)35(30)54-19(3)45;1-12-6-15-7-16-17(8-32)34-18-9-40-31(38)19(36)10-44-30(24(34)23(33(16)4)20(15)25(37)26(12)39-5)22-21(18)29-28(41-11-42-29)13(2)27(22)43-14(3)35;1-12-9-3-2-7(4-5-10)6-8(9)11;/h9,11-12,23-25,31-32,38,42,46-47H,7-8,10,14-16H2,1-6H3;6,16-18,23-24,30,37H,7,9-11H2,1-5H3;2-3,6,11H,4-5,10H2,1H3;1H4/t23-,24-,25-,31+,32?,38+,40+;16-,17-,18-,23+,24?,30+;;/m00../s1. The summed E-state index contributed by atoms with van der Waals surface area (Å²) < 4.78 is 70.0. The number of cyclic esters (lactones) is 1. The number of piperazine rings is 2. The number of hydrogen-bond acceptors (Lipinski definition) is 31. The van der Waals surface area contributed by atoms with Gasteiger partial charge in [-0.25, -0.2) is 9.59 Å². The monoisotopic (exact) mass is 1570 g/mol. The molecule has 4 fully saturated rings. The molecule has 112 heavy (non-hydrogen) atoms. The number of aryl methyl sites for hydroxylation is 2. The predicted octanol–water partition coefficient (Wildman–Crippen LogP) is 8.33. The number of likely N-dealkylation sites (N-methyl/N-ethyl adjacent to an activating group) is 2. The number of ketones is 1. The molecule has 13 atom stereocenters. The summed E-state index contributed by atoms with van der Waals surface area (Å²) in [5.74, 6) is 0.784. The number of methoxy groups -OCH3 is 4. The minimum absolute atomic E-state index is 0. The van der Waals surface area contributed by atoms with Gasteiger partial charge in [-0.15, -0.1) is 23.5 Å². The molecule has 18 rings (SSSR count). The topological polar surface area (TPSA) is 376 Å². The summed E-state index contributed by atoms with van der Waals surface area (Å²) >= 11 is 2.70. The molecule has 4 saturated heterocycles. The van der Waals surface area contributed by atoms with Crippen molar-refractivity contribution in [1.29, 1.82) is 10.5 Å². The van der Waals surface area contributed by atoms with Crippen molar-refractivity contribution in [1.82, 2.24) is 24.9 Å². The number of phenols is 4. The molecular formula is C81H90N8O21S2. The molecule has 12 aliphatic rings. The Morgan fingerprint density at radius 3 is 1.58 bits per heavy atom. The fourth-order valence-corrected chi connectivity index (χ4v) is 22.2. The van der Waals surface area contributed by atoms with Crippen LogP contribution in [-0.4, -0.2) is 200 Å². The number of aromatic hydroxyl groups is 4. The van der Waals surface area contributed by atoms with E-state index in [2.05, 4.69) is 37.1 Å². The van der Waals surface area contributed by atoms with Crippen LogP contribution in [0, 0.1) is 50.4 Å². The van der Waals surface area contributed by atoms with Crippen LogP contribution in [0.5, 0.6) is 80.5 Å². The lowest BCUT2D eigenvalue weighted by atomic mass is 9.71. The maximum absolute atomic E-state index is 14.7. The summed E-state index contributed by atoms with van der Waals surface area (Å²) in [6, 6.07) is 12.4. The average molecular weight is 1580 g/mol. The lowest BCUT2D eigenvalue weighted by Crippen LogP contribution is -2.69. The van der Waals surface area contributed by atoms with Crippen LogP contribution in [0.3, 0.4) is 0 Å². The van der Waals surface area contributed by atoms with Crippen LogP contribution in [-0.2, 0) is 64.7 Å². The number of Topliss-reactive ketones (excluding diaryl/α,β-unsaturated/α-hetero) is 1. The van der Waals surface area contributed by atoms with Gasteiger partial charge >= 0.3 is 23.9 Å². The number of thioether (sulfide) groups is 2. The molecule has 12 aliphatic heterocycles. The number of carbonyl (C=O) groups excluding carboxylic acids is 5. The average Bonchev–Trinajstić information content (AvgIpc) is 1.03. The minimum Gasteiger partial charge on any atom is -0.504 e. The summed E-state index contributed by atoms with van der Waals surface area (Å²) in [5.41, 5.74) is 15.0. The molecule has 1 spiro atoms. The van der Waals surface area contributed by atoms with Crippen molar-refractivity contribution in [2.24, 2.45) is 5.73 Å². The van der Waals surface area contributed by atoms with Crippen LogP contribution < -0.4 is 58.4 Å². The summed E-state index contributed by atoms with van der Waals surface area (Å²) in [6.07, 6.45) is 2.31. The maximum Gasteiger partial charge on any atom is 0.375 e. The first kappa shape index (κ1) is 78.6. The van der Waals surface area contributed by atoms with Gasteiger partial charge in [0.25, 0.3) is 0 Å². The van der Waals surface area contributed by atoms with E-state index in [1.54, 1.807) is 31.2 Å². The van der Waals surface area contributed by atoms with Gasteiger partial charge in [0.1, 0.15) is 36.8 Å². The van der Waals surface area contributed by atoms with Gasteiger partial charge < -0.3 is 83.0 Å². The zero-order chi connectivity index (χ0) is 78.8. The van der Waals surface area contributed by atoms with Crippen molar-refractivity contribution in [3.05, 3.63) is 126 Å². The smallest absolute Gasteiger partial charge is 0.375 e. The number of esters is 4. The first-order valence-electron chi connectivity index (χ1n) is 36.5. The molecule has 2 unspecified atom stereocenters. The SMILES string of the molecule is C.COc1c(C)cc2c(c1O)[C@@H]1C3[C@@H]4SCC(=O)C(=O)OC[C@@H](c5c6c(c(C)c(OC(C)=O)c54)OCO6)N3[C@@H](C#N)[C@H](C2)N1C.COc1cc2c(cc1O)CCN[C@]21CS[C@@H]2c3c(OC(C)=O)c(C)c4c(c3[C@H](COC1=O)N1C2[C@H]2c3c(cc(C)c(OC)c3O)C[C@@H]([C@@H]1C#N)N2C)OCO4.COc1ccc(CCN)cc1O.